The van der Waals surface area contributed by atoms with Gasteiger partial charge in [-0.25, -0.2) is 4.98 Å². The molecule has 3 aromatic rings. The number of ether oxygens (including phenoxy) is 1. The third kappa shape index (κ3) is 2.65. The molecule has 0 saturated heterocycles. The molecule has 0 aliphatic heterocycles. The first-order chi connectivity index (χ1) is 9.63. The second-order valence-corrected chi connectivity index (χ2v) is 5.09. The van der Waals surface area contributed by atoms with Crippen LogP contribution in [0, 0.1) is 0 Å². The van der Waals surface area contributed by atoms with E-state index in [2.05, 4.69) is 19.9 Å². The summed E-state index contributed by atoms with van der Waals surface area (Å²) in [6, 6.07) is 5.26. The summed E-state index contributed by atoms with van der Waals surface area (Å²) in [6.07, 6.45) is 1.50. The lowest BCUT2D eigenvalue weighted by Gasteiger charge is -2.07. The first-order valence-corrected chi connectivity index (χ1v) is 6.70. The van der Waals surface area contributed by atoms with E-state index in [1.54, 1.807) is 12.1 Å². The van der Waals surface area contributed by atoms with Gasteiger partial charge in [-0.15, -0.1) is 0 Å². The molecule has 2 aromatic heterocycles. The largest absolute Gasteiger partial charge is 0.471 e. The minimum atomic E-state index is 0.0775. The molecule has 1 aromatic carbocycles. The molecule has 0 spiro atoms. The molecular weight excluding hydrogens is 323 g/mol. The van der Waals surface area contributed by atoms with Gasteiger partial charge in [0.25, 0.3) is 0 Å². The van der Waals surface area contributed by atoms with Gasteiger partial charge in [0.2, 0.25) is 11.2 Å². The second kappa shape index (κ2) is 5.44. The molecule has 5 nitrogen and oxygen atoms in total. The van der Waals surface area contributed by atoms with Gasteiger partial charge in [-0.2, -0.15) is 9.97 Å². The highest BCUT2D eigenvalue weighted by Gasteiger charge is 2.10. The van der Waals surface area contributed by atoms with Crippen molar-refractivity contribution in [1.82, 2.24) is 19.9 Å². The van der Waals surface area contributed by atoms with Crippen molar-refractivity contribution in [2.75, 3.05) is 0 Å². The Morgan fingerprint density at radius 2 is 1.95 bits per heavy atom. The lowest BCUT2D eigenvalue weighted by Crippen LogP contribution is -1.99. The number of halogens is 3. The van der Waals surface area contributed by atoms with Gasteiger partial charge in [-0.3, -0.25) is 0 Å². The molecule has 2 heterocycles. The molecule has 0 amide bonds. The summed E-state index contributed by atoms with van der Waals surface area (Å²) < 4.78 is 5.63. The zero-order valence-corrected chi connectivity index (χ0v) is 12.2. The Labute approximate surface area is 128 Å². The van der Waals surface area contributed by atoms with Crippen LogP contribution in [0.2, 0.25) is 15.3 Å². The molecule has 0 unspecified atom stereocenters. The molecule has 1 N–H and O–H groups in total. The van der Waals surface area contributed by atoms with Crippen molar-refractivity contribution in [2.45, 2.75) is 6.61 Å². The van der Waals surface area contributed by atoms with Gasteiger partial charge in [0.15, 0.2) is 5.65 Å². The third-order valence-electron chi connectivity index (χ3n) is 2.58. The standard InChI is InChI=1S/C12H7Cl3N4O/c13-7-2-1-6(3-8(7)14)4-20-11-9-10(17-5-16-9)18-12(15)19-11/h1-3,5H,4H2,(H,16,17,18,19). The van der Waals surface area contributed by atoms with E-state index in [-0.39, 0.29) is 11.9 Å². The van der Waals surface area contributed by atoms with Crippen LogP contribution in [0.3, 0.4) is 0 Å². The highest BCUT2D eigenvalue weighted by Crippen LogP contribution is 2.25. The molecule has 0 bridgehead atoms. The lowest BCUT2D eigenvalue weighted by atomic mass is 10.2. The van der Waals surface area contributed by atoms with Crippen LogP contribution in [-0.2, 0) is 6.61 Å². The van der Waals surface area contributed by atoms with Gasteiger partial charge < -0.3 is 9.72 Å². The molecule has 20 heavy (non-hydrogen) atoms. The number of aromatic nitrogens is 4. The van der Waals surface area contributed by atoms with E-state index in [1.807, 2.05) is 6.07 Å². The van der Waals surface area contributed by atoms with Crippen molar-refractivity contribution in [3.8, 4) is 5.88 Å². The minimum absolute atomic E-state index is 0.0775. The van der Waals surface area contributed by atoms with E-state index in [1.165, 1.54) is 6.33 Å². The van der Waals surface area contributed by atoms with Crippen LogP contribution in [0.5, 0.6) is 5.88 Å². The van der Waals surface area contributed by atoms with E-state index in [4.69, 9.17) is 39.5 Å². The maximum absolute atomic E-state index is 5.95. The van der Waals surface area contributed by atoms with Crippen molar-refractivity contribution >= 4 is 46.0 Å². The smallest absolute Gasteiger partial charge is 0.244 e. The summed E-state index contributed by atoms with van der Waals surface area (Å²) in [4.78, 5) is 14.9. The zero-order valence-electron chi connectivity index (χ0n) is 9.90. The summed E-state index contributed by atoms with van der Waals surface area (Å²) in [6.45, 7) is 0.276. The Balaban J connectivity index is 1.86. The Morgan fingerprint density at radius 3 is 2.75 bits per heavy atom. The molecule has 8 heteroatoms. The second-order valence-electron chi connectivity index (χ2n) is 3.94. The van der Waals surface area contributed by atoms with Crippen LogP contribution in [0.4, 0.5) is 0 Å². The number of rotatable bonds is 3. The summed E-state index contributed by atoms with van der Waals surface area (Å²) in [7, 11) is 0. The van der Waals surface area contributed by atoms with Gasteiger partial charge in [0.1, 0.15) is 12.1 Å². The van der Waals surface area contributed by atoms with E-state index < -0.39 is 0 Å². The molecule has 0 aliphatic rings. The van der Waals surface area contributed by atoms with Crippen molar-refractivity contribution in [3.63, 3.8) is 0 Å². The van der Waals surface area contributed by atoms with Crippen LogP contribution in [0.1, 0.15) is 5.56 Å². The van der Waals surface area contributed by atoms with Crippen LogP contribution in [-0.4, -0.2) is 19.9 Å². The summed E-state index contributed by atoms with van der Waals surface area (Å²) in [5, 5.41) is 1.05. The highest BCUT2D eigenvalue weighted by atomic mass is 35.5. The quantitative estimate of drug-likeness (QED) is 0.740. The summed E-state index contributed by atoms with van der Waals surface area (Å²) in [5.74, 6) is 0.337. The highest BCUT2D eigenvalue weighted by molar-refractivity contribution is 6.42. The maximum atomic E-state index is 5.95. The monoisotopic (exact) mass is 328 g/mol. The van der Waals surface area contributed by atoms with Gasteiger partial charge in [0.05, 0.1) is 16.4 Å². The third-order valence-corrected chi connectivity index (χ3v) is 3.49. The normalized spacial score (nSPS) is 10.9. The predicted molar refractivity (Wildman–Crippen MR) is 77.5 cm³/mol. The van der Waals surface area contributed by atoms with Gasteiger partial charge in [0, 0.05) is 0 Å². The number of hydrogen-bond donors (Lipinski definition) is 1. The Morgan fingerprint density at radius 1 is 1.10 bits per heavy atom. The van der Waals surface area contributed by atoms with Gasteiger partial charge >= 0.3 is 0 Å². The first-order valence-electron chi connectivity index (χ1n) is 5.57. The number of hydrogen-bond acceptors (Lipinski definition) is 4. The fourth-order valence-corrected chi connectivity index (χ4v) is 2.14. The number of fused-ring (bicyclic) bond motifs is 1. The lowest BCUT2D eigenvalue weighted by molar-refractivity contribution is 0.297. The number of nitrogens with one attached hydrogen (secondary N) is 1. The van der Waals surface area contributed by atoms with Gasteiger partial charge in [-0.1, -0.05) is 29.3 Å². The number of nitrogens with zero attached hydrogens (tertiary/aromatic N) is 3. The predicted octanol–water partition coefficient (Wildman–Crippen LogP) is 3.89. The van der Waals surface area contributed by atoms with Crippen LogP contribution >= 0.6 is 34.8 Å². The average molecular weight is 330 g/mol. The number of aromatic amines is 1. The average Bonchev–Trinajstić information content (AvgIpc) is 2.88. The Hall–Kier alpha value is -1.56. The van der Waals surface area contributed by atoms with E-state index in [0.717, 1.165) is 5.56 Å². The molecule has 0 saturated carbocycles. The molecule has 0 atom stereocenters. The van der Waals surface area contributed by atoms with Crippen molar-refractivity contribution in [2.24, 2.45) is 0 Å². The minimum Gasteiger partial charge on any atom is -0.471 e. The molecule has 102 valence electrons. The van der Waals surface area contributed by atoms with E-state index in [9.17, 15) is 0 Å². The van der Waals surface area contributed by atoms with E-state index in [0.29, 0.717) is 27.1 Å². The summed E-state index contributed by atoms with van der Waals surface area (Å²) >= 11 is 17.6. The SMILES string of the molecule is Clc1nc(OCc2ccc(Cl)c(Cl)c2)c2[nH]cnc2n1. The zero-order chi connectivity index (χ0) is 14.1. The van der Waals surface area contributed by atoms with Crippen molar-refractivity contribution < 1.29 is 4.74 Å². The topological polar surface area (TPSA) is 63.7 Å². The molecule has 0 fully saturated rings. The molecule has 3 rings (SSSR count). The van der Waals surface area contributed by atoms with Crippen molar-refractivity contribution in [3.05, 3.63) is 45.4 Å². The molecular formula is C12H7Cl3N4O. The fourth-order valence-electron chi connectivity index (χ4n) is 1.67. The Bertz CT molecular complexity index is 774. The molecule has 0 radical (unpaired) electrons. The molecule has 0 aliphatic carbocycles. The number of benzene rings is 1. The first kappa shape index (κ1) is 13.4. The van der Waals surface area contributed by atoms with Gasteiger partial charge in [-0.05, 0) is 29.3 Å². The number of imidazole rings is 1. The number of H-pyrrole nitrogens is 1. The maximum Gasteiger partial charge on any atom is 0.244 e. The van der Waals surface area contributed by atoms with Crippen LogP contribution in [0.25, 0.3) is 11.2 Å². The van der Waals surface area contributed by atoms with E-state index >= 15 is 0 Å². The Kier molecular flexibility index (Phi) is 3.65. The van der Waals surface area contributed by atoms with Crippen molar-refractivity contribution in [1.29, 1.82) is 0 Å². The fraction of sp³-hybridized carbons (Fsp3) is 0.0833. The van der Waals surface area contributed by atoms with Crippen LogP contribution < -0.4 is 4.74 Å². The summed E-state index contributed by atoms with van der Waals surface area (Å²) in [5.41, 5.74) is 1.91. The van der Waals surface area contributed by atoms with Crippen LogP contribution in [0.15, 0.2) is 24.5 Å².